The molecular weight excluding hydrogens is 262 g/mol. The van der Waals surface area contributed by atoms with E-state index in [4.69, 9.17) is 0 Å². The molecule has 0 aliphatic heterocycles. The minimum absolute atomic E-state index is 0.210. The largest absolute Gasteiger partial charge is 0.352 e. The fourth-order valence-corrected chi connectivity index (χ4v) is 4.18. The van der Waals surface area contributed by atoms with Gasteiger partial charge in [-0.05, 0) is 38.8 Å². The lowest BCUT2D eigenvalue weighted by atomic mass is 9.76. The van der Waals surface area contributed by atoms with Crippen molar-refractivity contribution in [3.63, 3.8) is 0 Å². The third-order valence-corrected chi connectivity index (χ3v) is 5.63. The van der Waals surface area contributed by atoms with E-state index in [1.54, 1.807) is 12.3 Å². The van der Waals surface area contributed by atoms with Gasteiger partial charge in [0.25, 0.3) is 0 Å². The van der Waals surface area contributed by atoms with Gasteiger partial charge in [0.05, 0.1) is 4.90 Å². The lowest BCUT2D eigenvalue weighted by Gasteiger charge is -2.41. The molecule has 0 unspecified atom stereocenters. The Kier molecular flexibility index (Phi) is 4.03. The predicted molar refractivity (Wildman–Crippen MR) is 75.4 cm³/mol. The molecule has 2 N–H and O–H groups in total. The summed E-state index contributed by atoms with van der Waals surface area (Å²) in [6.07, 6.45) is 5.52. The number of nitrogens with zero attached hydrogens (tertiary/aromatic N) is 1. The number of rotatable bonds is 6. The molecule has 5 nitrogen and oxygen atoms in total. The monoisotopic (exact) mass is 285 g/mol. The molecule has 1 saturated carbocycles. The average molecular weight is 285 g/mol. The Labute approximate surface area is 115 Å². The van der Waals surface area contributed by atoms with Gasteiger partial charge >= 0.3 is 0 Å². The van der Waals surface area contributed by atoms with Crippen LogP contribution in [0.15, 0.2) is 17.2 Å². The fourth-order valence-electron chi connectivity index (χ4n) is 2.56. The molecule has 0 saturated heterocycles. The van der Waals surface area contributed by atoms with Gasteiger partial charge in [-0.1, -0.05) is 6.92 Å². The van der Waals surface area contributed by atoms with E-state index in [2.05, 4.69) is 10.0 Å². The van der Waals surface area contributed by atoms with Gasteiger partial charge < -0.3 is 9.88 Å². The zero-order valence-corrected chi connectivity index (χ0v) is 12.7. The van der Waals surface area contributed by atoms with Crippen LogP contribution in [-0.4, -0.2) is 25.6 Å². The van der Waals surface area contributed by atoms with Gasteiger partial charge in [-0.3, -0.25) is 0 Å². The van der Waals surface area contributed by atoms with Crippen LogP contribution in [0.1, 0.15) is 38.3 Å². The van der Waals surface area contributed by atoms with Crippen molar-refractivity contribution in [1.29, 1.82) is 0 Å². The molecule has 0 radical (unpaired) electrons. The number of aromatic nitrogens is 1. The Morgan fingerprint density at radius 1 is 1.42 bits per heavy atom. The number of nitrogens with one attached hydrogen (secondary N) is 2. The average Bonchev–Trinajstić information content (AvgIpc) is 2.67. The Bertz CT molecular complexity index is 539. The topological polar surface area (TPSA) is 63.1 Å². The highest BCUT2D eigenvalue weighted by atomic mass is 32.2. The Balaban J connectivity index is 2.22. The Hall–Kier alpha value is -0.850. The molecule has 19 heavy (non-hydrogen) atoms. The molecule has 0 amide bonds. The van der Waals surface area contributed by atoms with Crippen molar-refractivity contribution < 1.29 is 8.42 Å². The summed E-state index contributed by atoms with van der Waals surface area (Å²) in [4.78, 5) is 0.361. The van der Waals surface area contributed by atoms with Gasteiger partial charge in [0.15, 0.2) is 0 Å². The summed E-state index contributed by atoms with van der Waals surface area (Å²) in [7, 11) is 0.303. The first-order chi connectivity index (χ1) is 8.92. The summed E-state index contributed by atoms with van der Waals surface area (Å²) in [5.41, 5.74) is 0.750. The Morgan fingerprint density at radius 3 is 2.58 bits per heavy atom. The van der Waals surface area contributed by atoms with Crippen LogP contribution in [0.2, 0.25) is 0 Å². The van der Waals surface area contributed by atoms with Crippen molar-refractivity contribution in [1.82, 2.24) is 14.6 Å². The summed E-state index contributed by atoms with van der Waals surface area (Å²) < 4.78 is 29.6. The van der Waals surface area contributed by atoms with Gasteiger partial charge in [-0.25, -0.2) is 13.1 Å². The molecule has 1 aliphatic rings. The maximum atomic E-state index is 12.4. The molecule has 1 heterocycles. The molecule has 0 atom stereocenters. The molecule has 108 valence electrons. The zero-order valence-electron chi connectivity index (χ0n) is 11.9. The Morgan fingerprint density at radius 2 is 2.11 bits per heavy atom. The van der Waals surface area contributed by atoms with Crippen LogP contribution in [-0.2, 0) is 23.6 Å². The number of aryl methyl sites for hydroxylation is 1. The number of sulfonamides is 1. The second kappa shape index (κ2) is 5.26. The van der Waals surface area contributed by atoms with E-state index in [9.17, 15) is 8.42 Å². The second-order valence-corrected chi connectivity index (χ2v) is 7.08. The van der Waals surface area contributed by atoms with Crippen LogP contribution in [0.3, 0.4) is 0 Å². The van der Waals surface area contributed by atoms with E-state index in [-0.39, 0.29) is 5.54 Å². The SMILES string of the molecule is CCC1(NS(=O)(=O)c2cc(CNC)n(C)c2)CCC1. The van der Waals surface area contributed by atoms with E-state index in [1.807, 2.05) is 25.6 Å². The molecule has 6 heteroatoms. The maximum Gasteiger partial charge on any atom is 0.242 e. The second-order valence-electron chi connectivity index (χ2n) is 5.40. The summed E-state index contributed by atoms with van der Waals surface area (Å²) >= 11 is 0. The number of hydrogen-bond acceptors (Lipinski definition) is 3. The smallest absolute Gasteiger partial charge is 0.242 e. The number of hydrogen-bond donors (Lipinski definition) is 2. The van der Waals surface area contributed by atoms with Crippen LogP contribution < -0.4 is 10.0 Å². The van der Waals surface area contributed by atoms with E-state index in [0.717, 1.165) is 31.4 Å². The molecule has 2 rings (SSSR count). The van der Waals surface area contributed by atoms with Gasteiger partial charge in [0.1, 0.15) is 0 Å². The molecule has 0 spiro atoms. The van der Waals surface area contributed by atoms with Crippen LogP contribution in [0.25, 0.3) is 0 Å². The zero-order chi connectivity index (χ0) is 14.1. The van der Waals surface area contributed by atoms with Crippen LogP contribution in [0.5, 0.6) is 0 Å². The highest BCUT2D eigenvalue weighted by Gasteiger charge is 2.39. The molecular formula is C13H23N3O2S. The maximum absolute atomic E-state index is 12.4. The van der Waals surface area contributed by atoms with Gasteiger partial charge in [0, 0.05) is 31.0 Å². The summed E-state index contributed by atoms with van der Waals surface area (Å²) in [5.74, 6) is 0. The first-order valence-electron chi connectivity index (χ1n) is 6.76. The third kappa shape index (κ3) is 2.85. The standard InChI is InChI=1S/C13H23N3O2S/c1-4-13(6-5-7-13)15-19(17,18)12-8-11(9-14-2)16(3)10-12/h8,10,14-15H,4-7,9H2,1-3H3. The molecule has 1 aliphatic carbocycles. The lowest BCUT2D eigenvalue weighted by Crippen LogP contribution is -2.52. The molecule has 1 aromatic rings. The highest BCUT2D eigenvalue weighted by Crippen LogP contribution is 2.36. The van der Waals surface area contributed by atoms with E-state index in [0.29, 0.717) is 11.4 Å². The van der Waals surface area contributed by atoms with Crippen molar-refractivity contribution in [2.24, 2.45) is 7.05 Å². The van der Waals surface area contributed by atoms with Gasteiger partial charge in [-0.15, -0.1) is 0 Å². The summed E-state index contributed by atoms with van der Waals surface area (Å²) in [6.45, 7) is 2.70. The third-order valence-electron chi connectivity index (χ3n) is 4.09. The van der Waals surface area contributed by atoms with E-state index in [1.165, 1.54) is 0 Å². The molecule has 0 bridgehead atoms. The van der Waals surface area contributed by atoms with Crippen LogP contribution in [0.4, 0.5) is 0 Å². The fraction of sp³-hybridized carbons (Fsp3) is 0.692. The van der Waals surface area contributed by atoms with E-state index >= 15 is 0 Å². The van der Waals surface area contributed by atoms with Crippen molar-refractivity contribution >= 4 is 10.0 Å². The minimum Gasteiger partial charge on any atom is -0.352 e. The normalized spacial score (nSPS) is 18.3. The van der Waals surface area contributed by atoms with Gasteiger partial charge in [-0.2, -0.15) is 0 Å². The summed E-state index contributed by atoms with van der Waals surface area (Å²) in [6, 6.07) is 1.74. The lowest BCUT2D eigenvalue weighted by molar-refractivity contribution is 0.214. The molecule has 1 aromatic heterocycles. The van der Waals surface area contributed by atoms with Crippen molar-refractivity contribution in [3.8, 4) is 0 Å². The summed E-state index contributed by atoms with van der Waals surface area (Å²) in [5, 5.41) is 3.04. The van der Waals surface area contributed by atoms with E-state index < -0.39 is 10.0 Å². The predicted octanol–water partition coefficient (Wildman–Crippen LogP) is 1.36. The molecule has 1 fully saturated rings. The first kappa shape index (κ1) is 14.6. The van der Waals surface area contributed by atoms with Crippen molar-refractivity contribution in [2.45, 2.75) is 49.6 Å². The quantitative estimate of drug-likeness (QED) is 0.829. The van der Waals surface area contributed by atoms with Gasteiger partial charge in [0.2, 0.25) is 10.0 Å². The minimum atomic E-state index is -3.41. The highest BCUT2D eigenvalue weighted by molar-refractivity contribution is 7.89. The van der Waals surface area contributed by atoms with Crippen LogP contribution >= 0.6 is 0 Å². The van der Waals surface area contributed by atoms with Crippen LogP contribution in [0, 0.1) is 0 Å². The molecule has 0 aromatic carbocycles. The van der Waals surface area contributed by atoms with Crippen molar-refractivity contribution in [2.75, 3.05) is 7.05 Å². The first-order valence-corrected chi connectivity index (χ1v) is 8.24. The van der Waals surface area contributed by atoms with Crippen molar-refractivity contribution in [3.05, 3.63) is 18.0 Å².